The average molecular weight is 382 g/mol. The van der Waals surface area contributed by atoms with Gasteiger partial charge in [0.1, 0.15) is 11.5 Å². The van der Waals surface area contributed by atoms with E-state index in [9.17, 15) is 9.59 Å². The Bertz CT molecular complexity index is 818. The highest BCUT2D eigenvalue weighted by Gasteiger charge is 2.11. The molecule has 0 spiro atoms. The number of hydrazone groups is 1. The SMILES string of the molecule is CCCCCCOc1ccccc1C(=O)/C=N/NC(=O)c1cccc(OC)c1. The van der Waals surface area contributed by atoms with Gasteiger partial charge >= 0.3 is 0 Å². The molecule has 0 saturated carbocycles. The van der Waals surface area contributed by atoms with E-state index in [4.69, 9.17) is 9.47 Å². The molecule has 148 valence electrons. The summed E-state index contributed by atoms with van der Waals surface area (Å²) in [5, 5.41) is 3.77. The molecule has 0 aliphatic carbocycles. The molecule has 0 heterocycles. The zero-order valence-electron chi connectivity index (χ0n) is 16.3. The van der Waals surface area contributed by atoms with E-state index >= 15 is 0 Å². The maximum Gasteiger partial charge on any atom is 0.271 e. The molecule has 0 unspecified atom stereocenters. The van der Waals surface area contributed by atoms with Crippen molar-refractivity contribution in [3.63, 3.8) is 0 Å². The highest BCUT2D eigenvalue weighted by atomic mass is 16.5. The molecule has 6 heteroatoms. The number of rotatable bonds is 11. The van der Waals surface area contributed by atoms with Crippen LogP contribution in [0.3, 0.4) is 0 Å². The lowest BCUT2D eigenvalue weighted by Crippen LogP contribution is -2.18. The van der Waals surface area contributed by atoms with Gasteiger partial charge in [-0.15, -0.1) is 0 Å². The van der Waals surface area contributed by atoms with Gasteiger partial charge in [-0.3, -0.25) is 9.59 Å². The number of hydrogen-bond donors (Lipinski definition) is 1. The molecule has 0 aromatic heterocycles. The number of unbranched alkanes of at least 4 members (excludes halogenated alkanes) is 3. The van der Waals surface area contributed by atoms with E-state index in [2.05, 4.69) is 17.5 Å². The number of carbonyl (C=O) groups excluding carboxylic acids is 2. The summed E-state index contributed by atoms with van der Waals surface area (Å²) in [6, 6.07) is 13.7. The number of hydrogen-bond acceptors (Lipinski definition) is 5. The number of methoxy groups -OCH3 is 1. The maximum atomic E-state index is 12.4. The molecule has 0 aliphatic heterocycles. The van der Waals surface area contributed by atoms with E-state index in [0.29, 0.717) is 29.2 Å². The van der Waals surface area contributed by atoms with Crippen LogP contribution >= 0.6 is 0 Å². The van der Waals surface area contributed by atoms with E-state index in [-0.39, 0.29) is 5.78 Å². The van der Waals surface area contributed by atoms with E-state index in [1.807, 2.05) is 6.07 Å². The molecular weight excluding hydrogens is 356 g/mol. The first-order valence-corrected chi connectivity index (χ1v) is 9.39. The van der Waals surface area contributed by atoms with E-state index in [0.717, 1.165) is 25.5 Å². The normalized spacial score (nSPS) is 10.6. The van der Waals surface area contributed by atoms with Gasteiger partial charge in [0.05, 0.1) is 25.5 Å². The molecule has 1 N–H and O–H groups in total. The second kappa shape index (κ2) is 11.5. The Balaban J connectivity index is 1.93. The molecule has 0 saturated heterocycles. The van der Waals surface area contributed by atoms with Gasteiger partial charge in [0, 0.05) is 5.56 Å². The fourth-order valence-corrected chi connectivity index (χ4v) is 2.55. The minimum absolute atomic E-state index is 0.338. The first kappa shape index (κ1) is 21.2. The topological polar surface area (TPSA) is 77.0 Å². The van der Waals surface area contributed by atoms with Crippen molar-refractivity contribution in [2.45, 2.75) is 32.6 Å². The summed E-state index contributed by atoms with van der Waals surface area (Å²) in [4.78, 5) is 24.5. The molecule has 0 radical (unpaired) electrons. The number of nitrogens with one attached hydrogen (secondary N) is 1. The average Bonchev–Trinajstić information content (AvgIpc) is 2.73. The molecule has 2 aromatic rings. The summed E-state index contributed by atoms with van der Waals surface area (Å²) in [6.45, 7) is 2.72. The number of ketones is 1. The van der Waals surface area contributed by atoms with Crippen molar-refractivity contribution in [3.8, 4) is 11.5 Å². The van der Waals surface area contributed by atoms with E-state index in [1.165, 1.54) is 13.5 Å². The fourth-order valence-electron chi connectivity index (χ4n) is 2.55. The predicted octanol–water partition coefficient (Wildman–Crippen LogP) is 4.25. The third-order valence-corrected chi connectivity index (χ3v) is 4.09. The Morgan fingerprint density at radius 2 is 1.89 bits per heavy atom. The van der Waals surface area contributed by atoms with E-state index < -0.39 is 5.91 Å². The highest BCUT2D eigenvalue weighted by molar-refractivity contribution is 6.36. The van der Waals surface area contributed by atoms with Crippen LogP contribution in [0.2, 0.25) is 0 Å². The van der Waals surface area contributed by atoms with Crippen LogP contribution < -0.4 is 14.9 Å². The summed E-state index contributed by atoms with van der Waals surface area (Å²) in [5.41, 5.74) is 3.15. The second-order valence-corrected chi connectivity index (χ2v) is 6.20. The molecule has 1 amide bonds. The Morgan fingerprint density at radius 3 is 2.68 bits per heavy atom. The third-order valence-electron chi connectivity index (χ3n) is 4.09. The number of Topliss-reactive ketones (excluding diaryl/α,β-unsaturated/α-hetero) is 1. The summed E-state index contributed by atoms with van der Waals surface area (Å²) < 4.78 is 10.8. The molecule has 2 aromatic carbocycles. The molecule has 28 heavy (non-hydrogen) atoms. The fraction of sp³-hybridized carbons (Fsp3) is 0.318. The van der Waals surface area contributed by atoms with Crippen LogP contribution in [0.15, 0.2) is 53.6 Å². The lowest BCUT2D eigenvalue weighted by Gasteiger charge is -2.09. The van der Waals surface area contributed by atoms with Gasteiger partial charge < -0.3 is 9.47 Å². The smallest absolute Gasteiger partial charge is 0.271 e. The Hall–Kier alpha value is -3.15. The van der Waals surface area contributed by atoms with Crippen molar-refractivity contribution in [2.24, 2.45) is 5.10 Å². The van der Waals surface area contributed by atoms with Crippen molar-refractivity contribution in [1.29, 1.82) is 0 Å². The summed E-state index contributed by atoms with van der Waals surface area (Å²) in [7, 11) is 1.52. The quantitative estimate of drug-likeness (QED) is 0.273. The molecular formula is C22H26N2O4. The standard InChI is InChI=1S/C22H26N2O4/c1-3-4-5-8-14-28-21-13-7-6-12-19(21)20(25)16-23-24-22(26)17-10-9-11-18(15-17)27-2/h6-7,9-13,15-16H,3-5,8,14H2,1-2H3,(H,24,26)/b23-16+. The van der Waals surface area contributed by atoms with Crippen LogP contribution in [0, 0.1) is 0 Å². The van der Waals surface area contributed by atoms with Gasteiger partial charge in [-0.1, -0.05) is 44.4 Å². The largest absolute Gasteiger partial charge is 0.497 e. The minimum atomic E-state index is -0.427. The summed E-state index contributed by atoms with van der Waals surface area (Å²) in [5.74, 6) is 0.325. The number of benzene rings is 2. The molecule has 0 bridgehead atoms. The Labute approximate surface area is 165 Å². The van der Waals surface area contributed by atoms with Crippen molar-refractivity contribution in [2.75, 3.05) is 13.7 Å². The predicted molar refractivity (Wildman–Crippen MR) is 109 cm³/mol. The zero-order chi connectivity index (χ0) is 20.2. The van der Waals surface area contributed by atoms with Crippen LogP contribution in [0.25, 0.3) is 0 Å². The Kier molecular flexibility index (Phi) is 8.72. The van der Waals surface area contributed by atoms with Crippen molar-refractivity contribution in [3.05, 3.63) is 59.7 Å². The van der Waals surface area contributed by atoms with Crippen molar-refractivity contribution >= 4 is 17.9 Å². The number of carbonyl (C=O) groups is 2. The van der Waals surface area contributed by atoms with E-state index in [1.54, 1.807) is 42.5 Å². The molecule has 2 rings (SSSR count). The zero-order valence-corrected chi connectivity index (χ0v) is 16.3. The van der Waals surface area contributed by atoms with Crippen LogP contribution in [0.5, 0.6) is 11.5 Å². The lowest BCUT2D eigenvalue weighted by molar-refractivity contribution is 0.0955. The first-order valence-electron chi connectivity index (χ1n) is 9.39. The summed E-state index contributed by atoms with van der Waals surface area (Å²) in [6.07, 6.45) is 5.46. The summed E-state index contributed by atoms with van der Waals surface area (Å²) >= 11 is 0. The van der Waals surface area contributed by atoms with Crippen molar-refractivity contribution in [1.82, 2.24) is 5.43 Å². The van der Waals surface area contributed by atoms with Gasteiger partial charge in [-0.25, -0.2) is 5.43 Å². The molecule has 0 aliphatic rings. The number of ether oxygens (including phenoxy) is 2. The maximum absolute atomic E-state index is 12.4. The first-order chi connectivity index (χ1) is 13.7. The second-order valence-electron chi connectivity index (χ2n) is 6.20. The molecule has 6 nitrogen and oxygen atoms in total. The highest BCUT2D eigenvalue weighted by Crippen LogP contribution is 2.18. The van der Waals surface area contributed by atoms with Crippen LogP contribution in [-0.2, 0) is 0 Å². The van der Waals surface area contributed by atoms with Gasteiger partial charge in [0.25, 0.3) is 5.91 Å². The molecule has 0 fully saturated rings. The Morgan fingerprint density at radius 1 is 1.07 bits per heavy atom. The van der Waals surface area contributed by atoms with Crippen LogP contribution in [0.1, 0.15) is 53.3 Å². The minimum Gasteiger partial charge on any atom is -0.497 e. The number of amides is 1. The van der Waals surface area contributed by atoms with Gasteiger partial charge in [0.15, 0.2) is 0 Å². The van der Waals surface area contributed by atoms with Crippen molar-refractivity contribution < 1.29 is 19.1 Å². The monoisotopic (exact) mass is 382 g/mol. The number of nitrogens with zero attached hydrogens (tertiary/aromatic N) is 1. The van der Waals surface area contributed by atoms with Gasteiger partial charge in [-0.05, 0) is 36.8 Å². The molecule has 0 atom stereocenters. The third kappa shape index (κ3) is 6.54. The van der Waals surface area contributed by atoms with Crippen LogP contribution in [0.4, 0.5) is 0 Å². The van der Waals surface area contributed by atoms with Crippen LogP contribution in [-0.4, -0.2) is 31.6 Å². The number of para-hydroxylation sites is 1. The lowest BCUT2D eigenvalue weighted by atomic mass is 10.1. The van der Waals surface area contributed by atoms with Gasteiger partial charge in [0.2, 0.25) is 5.78 Å². The van der Waals surface area contributed by atoms with Gasteiger partial charge in [-0.2, -0.15) is 5.10 Å².